The average Bonchev–Trinajstić information content (AvgIpc) is 2.99. The normalized spacial score (nSPS) is 11.1. The molecule has 0 saturated heterocycles. The predicted octanol–water partition coefficient (Wildman–Crippen LogP) is 1.56. The quantitative estimate of drug-likeness (QED) is 0.656. The first-order valence-corrected chi connectivity index (χ1v) is 7.86. The lowest BCUT2D eigenvalue weighted by Gasteiger charge is -2.08. The molecule has 0 aliphatic carbocycles. The second-order valence-corrected chi connectivity index (χ2v) is 5.91. The highest BCUT2D eigenvalue weighted by Gasteiger charge is 2.13. The van der Waals surface area contributed by atoms with Gasteiger partial charge in [0.25, 0.3) is 5.56 Å². The highest BCUT2D eigenvalue weighted by atomic mass is 35.5. The van der Waals surface area contributed by atoms with Crippen molar-refractivity contribution in [1.29, 1.82) is 0 Å². The molecule has 2 heterocycles. The molecule has 1 aromatic carbocycles. The van der Waals surface area contributed by atoms with Gasteiger partial charge in [0.15, 0.2) is 11.2 Å². The molecule has 24 heavy (non-hydrogen) atoms. The van der Waals surface area contributed by atoms with Gasteiger partial charge in [0, 0.05) is 25.7 Å². The fourth-order valence-electron chi connectivity index (χ4n) is 2.55. The van der Waals surface area contributed by atoms with E-state index in [1.54, 1.807) is 30.1 Å². The first kappa shape index (κ1) is 16.3. The first-order chi connectivity index (χ1) is 11.5. The summed E-state index contributed by atoms with van der Waals surface area (Å²) in [6, 6.07) is 7.20. The van der Waals surface area contributed by atoms with Crippen molar-refractivity contribution in [1.82, 2.24) is 18.7 Å². The number of hydrogen-bond donors (Lipinski definition) is 0. The van der Waals surface area contributed by atoms with Gasteiger partial charge in [-0.05, 0) is 24.6 Å². The molecule has 2 aromatic heterocycles. The van der Waals surface area contributed by atoms with Crippen LogP contribution in [0.3, 0.4) is 0 Å². The van der Waals surface area contributed by atoms with E-state index < -0.39 is 0 Å². The number of imidazole rings is 1. The van der Waals surface area contributed by atoms with Crippen molar-refractivity contribution < 1.29 is 4.74 Å². The fraction of sp³-hybridized carbons (Fsp3) is 0.312. The average molecular weight is 349 g/mol. The van der Waals surface area contributed by atoms with Crippen molar-refractivity contribution in [2.45, 2.75) is 13.0 Å². The summed E-state index contributed by atoms with van der Waals surface area (Å²) in [6.07, 6.45) is 2.26. The van der Waals surface area contributed by atoms with E-state index in [2.05, 4.69) is 4.98 Å². The minimum absolute atomic E-state index is 0.346. The molecule has 0 bridgehead atoms. The van der Waals surface area contributed by atoms with Gasteiger partial charge in [0.1, 0.15) is 5.75 Å². The molecule has 0 atom stereocenters. The highest BCUT2D eigenvalue weighted by Crippen LogP contribution is 2.17. The van der Waals surface area contributed by atoms with Crippen molar-refractivity contribution in [3.8, 4) is 5.75 Å². The zero-order valence-corrected chi connectivity index (χ0v) is 14.2. The summed E-state index contributed by atoms with van der Waals surface area (Å²) in [7, 11) is 3.06. The van der Waals surface area contributed by atoms with Crippen LogP contribution in [-0.4, -0.2) is 25.3 Å². The third-order valence-corrected chi connectivity index (χ3v) is 4.06. The molecule has 0 aliphatic rings. The number of benzene rings is 1. The molecule has 0 fully saturated rings. The van der Waals surface area contributed by atoms with Crippen molar-refractivity contribution in [3.05, 3.63) is 56.5 Å². The maximum atomic E-state index is 12.3. The molecular formula is C16H17ClN4O3. The van der Waals surface area contributed by atoms with E-state index in [1.807, 2.05) is 12.1 Å². The lowest BCUT2D eigenvalue weighted by atomic mass is 10.3. The molecule has 0 spiro atoms. The zero-order chi connectivity index (χ0) is 17.3. The van der Waals surface area contributed by atoms with Gasteiger partial charge in [-0.15, -0.1) is 0 Å². The van der Waals surface area contributed by atoms with Crippen LogP contribution < -0.4 is 16.0 Å². The minimum atomic E-state index is -0.387. The number of aryl methyl sites for hydroxylation is 2. The van der Waals surface area contributed by atoms with Crippen LogP contribution in [0.15, 0.2) is 40.2 Å². The Morgan fingerprint density at radius 3 is 2.75 bits per heavy atom. The van der Waals surface area contributed by atoms with Crippen LogP contribution in [0.4, 0.5) is 0 Å². The minimum Gasteiger partial charge on any atom is -0.493 e. The fourth-order valence-corrected chi connectivity index (χ4v) is 2.73. The molecule has 8 heteroatoms. The van der Waals surface area contributed by atoms with Gasteiger partial charge in [-0.2, -0.15) is 0 Å². The molecule has 0 unspecified atom stereocenters. The van der Waals surface area contributed by atoms with Gasteiger partial charge in [-0.25, -0.2) is 9.78 Å². The smallest absolute Gasteiger partial charge is 0.332 e. The Labute approximate surface area is 142 Å². The number of fused-ring (bicyclic) bond motifs is 1. The molecule has 3 aromatic rings. The van der Waals surface area contributed by atoms with E-state index >= 15 is 0 Å². The lowest BCUT2D eigenvalue weighted by Crippen LogP contribution is -2.37. The molecule has 0 aliphatic heterocycles. The summed E-state index contributed by atoms with van der Waals surface area (Å²) in [5, 5.41) is 0.623. The molecule has 126 valence electrons. The number of hydrogen-bond acceptors (Lipinski definition) is 4. The number of ether oxygens (including phenoxy) is 1. The molecular weight excluding hydrogens is 332 g/mol. The van der Waals surface area contributed by atoms with Crippen LogP contribution in [-0.2, 0) is 20.6 Å². The van der Waals surface area contributed by atoms with E-state index in [-0.39, 0.29) is 11.2 Å². The number of nitrogens with zero attached hydrogens (tertiary/aromatic N) is 4. The second-order valence-electron chi connectivity index (χ2n) is 5.48. The maximum absolute atomic E-state index is 12.3. The topological polar surface area (TPSA) is 71.0 Å². The largest absolute Gasteiger partial charge is 0.493 e. The van der Waals surface area contributed by atoms with Gasteiger partial charge in [0.2, 0.25) is 0 Å². The Morgan fingerprint density at radius 1 is 1.21 bits per heavy atom. The highest BCUT2D eigenvalue weighted by molar-refractivity contribution is 6.30. The maximum Gasteiger partial charge on any atom is 0.332 e. The molecule has 7 nitrogen and oxygen atoms in total. The Kier molecular flexibility index (Phi) is 4.44. The second kappa shape index (κ2) is 6.52. The summed E-state index contributed by atoms with van der Waals surface area (Å²) in [5.74, 6) is 0.705. The third kappa shape index (κ3) is 2.94. The van der Waals surface area contributed by atoms with Crippen LogP contribution >= 0.6 is 11.6 Å². The Bertz CT molecular complexity index is 1000. The Hall–Kier alpha value is -2.54. The summed E-state index contributed by atoms with van der Waals surface area (Å²) in [6.45, 7) is 1.04. The zero-order valence-electron chi connectivity index (χ0n) is 13.4. The standard InChI is InChI=1S/C16H17ClN4O3/c1-19-14-13(15(22)20(2)16(19)23)21(10-18-14)7-4-8-24-12-6-3-5-11(17)9-12/h3,5-6,9-10H,4,7-8H2,1-2H3. The SMILES string of the molecule is Cn1c(=O)c2c(ncn2CCCOc2cccc(Cl)c2)n(C)c1=O. The number of halogens is 1. The van der Waals surface area contributed by atoms with E-state index in [9.17, 15) is 9.59 Å². The lowest BCUT2D eigenvalue weighted by molar-refractivity contribution is 0.302. The van der Waals surface area contributed by atoms with Gasteiger partial charge < -0.3 is 9.30 Å². The summed E-state index contributed by atoms with van der Waals surface area (Å²) in [4.78, 5) is 28.4. The van der Waals surface area contributed by atoms with Crippen LogP contribution in [0.25, 0.3) is 11.2 Å². The monoisotopic (exact) mass is 348 g/mol. The Morgan fingerprint density at radius 2 is 2.00 bits per heavy atom. The summed E-state index contributed by atoms with van der Waals surface area (Å²) < 4.78 is 9.84. The van der Waals surface area contributed by atoms with Crippen LogP contribution in [0.1, 0.15) is 6.42 Å². The van der Waals surface area contributed by atoms with Crippen LogP contribution in [0.2, 0.25) is 5.02 Å². The molecule has 3 rings (SSSR count). The third-order valence-electron chi connectivity index (χ3n) is 3.83. The number of aromatic nitrogens is 4. The van der Waals surface area contributed by atoms with E-state index in [4.69, 9.17) is 16.3 Å². The van der Waals surface area contributed by atoms with Crippen LogP contribution in [0.5, 0.6) is 5.75 Å². The molecule has 0 radical (unpaired) electrons. The van der Waals surface area contributed by atoms with Crippen molar-refractivity contribution in [2.75, 3.05) is 6.61 Å². The van der Waals surface area contributed by atoms with Gasteiger partial charge in [-0.3, -0.25) is 13.9 Å². The molecule has 0 N–H and O–H groups in total. The van der Waals surface area contributed by atoms with Crippen molar-refractivity contribution in [3.63, 3.8) is 0 Å². The first-order valence-electron chi connectivity index (χ1n) is 7.48. The molecule has 0 saturated carbocycles. The van der Waals surface area contributed by atoms with Gasteiger partial charge in [0.05, 0.1) is 12.9 Å². The van der Waals surface area contributed by atoms with Gasteiger partial charge in [-0.1, -0.05) is 17.7 Å². The van der Waals surface area contributed by atoms with Crippen molar-refractivity contribution in [2.24, 2.45) is 14.1 Å². The number of rotatable bonds is 5. The van der Waals surface area contributed by atoms with Gasteiger partial charge >= 0.3 is 5.69 Å². The summed E-state index contributed by atoms with van der Waals surface area (Å²) >= 11 is 5.91. The van der Waals surface area contributed by atoms with Crippen molar-refractivity contribution >= 4 is 22.8 Å². The predicted molar refractivity (Wildman–Crippen MR) is 91.8 cm³/mol. The van der Waals surface area contributed by atoms with E-state index in [0.29, 0.717) is 41.5 Å². The Balaban J connectivity index is 1.75. The van der Waals surface area contributed by atoms with Crippen LogP contribution in [0, 0.1) is 0 Å². The van der Waals surface area contributed by atoms with E-state index in [0.717, 1.165) is 4.57 Å². The molecule has 0 amide bonds. The van der Waals surface area contributed by atoms with E-state index in [1.165, 1.54) is 11.6 Å². The summed E-state index contributed by atoms with van der Waals surface area (Å²) in [5.41, 5.74) is 0.0737.